The van der Waals surface area contributed by atoms with Crippen LogP contribution in [0.4, 0.5) is 13.2 Å². The van der Waals surface area contributed by atoms with Gasteiger partial charge in [0, 0.05) is 5.56 Å². The van der Waals surface area contributed by atoms with Crippen LogP contribution in [0.3, 0.4) is 0 Å². The van der Waals surface area contributed by atoms with Gasteiger partial charge in [0.1, 0.15) is 5.41 Å². The second kappa shape index (κ2) is 4.90. The molecule has 4 nitrogen and oxygen atoms in total. The zero-order chi connectivity index (χ0) is 14.8. The van der Waals surface area contributed by atoms with Crippen LogP contribution in [-0.4, -0.2) is 17.6 Å². The average Bonchev–Trinajstić information content (AvgIpc) is 2.36. The maximum atomic E-state index is 12.6. The molecule has 0 aliphatic rings. The molecule has 0 saturated heterocycles. The molecule has 0 heterocycles. The summed E-state index contributed by atoms with van der Waals surface area (Å²) in [6, 6.07) is 3.97. The Labute approximate surface area is 107 Å². The second-order valence-corrected chi connectivity index (χ2v) is 4.22. The highest BCUT2D eigenvalue weighted by atomic mass is 19.4. The summed E-state index contributed by atoms with van der Waals surface area (Å²) >= 11 is 0. The number of benzene rings is 1. The van der Waals surface area contributed by atoms with Crippen molar-refractivity contribution in [1.82, 2.24) is 0 Å². The van der Waals surface area contributed by atoms with Gasteiger partial charge in [-0.15, -0.1) is 0 Å². The average molecular weight is 272 g/mol. The van der Waals surface area contributed by atoms with Crippen LogP contribution >= 0.6 is 0 Å². The van der Waals surface area contributed by atoms with Crippen molar-refractivity contribution in [2.45, 2.75) is 18.5 Å². The number of hydrogen-bond donors (Lipinski definition) is 2. The van der Waals surface area contributed by atoms with Gasteiger partial charge in [0.25, 0.3) is 0 Å². The van der Waals surface area contributed by atoms with Gasteiger partial charge in [-0.2, -0.15) is 18.4 Å². The standard InChI is InChI=1S/C12H11F3N2O2/c1-11(5-16,6-18)9-4-7(12(13,14)15)2-3-8(9)10(17)19/h2-4,18H,6H2,1H3,(H2,17,19). The third-order valence-corrected chi connectivity index (χ3v) is 2.77. The molecule has 0 aliphatic heterocycles. The van der Waals surface area contributed by atoms with E-state index in [9.17, 15) is 23.1 Å². The molecule has 1 atom stereocenters. The Kier molecular flexibility index (Phi) is 3.86. The summed E-state index contributed by atoms with van der Waals surface area (Å²) in [5.41, 5.74) is 1.97. The predicted molar refractivity (Wildman–Crippen MR) is 60.0 cm³/mol. The summed E-state index contributed by atoms with van der Waals surface area (Å²) in [4.78, 5) is 11.2. The molecule has 19 heavy (non-hydrogen) atoms. The smallest absolute Gasteiger partial charge is 0.394 e. The van der Waals surface area contributed by atoms with Crippen LogP contribution in [-0.2, 0) is 11.6 Å². The third-order valence-electron chi connectivity index (χ3n) is 2.77. The number of aliphatic hydroxyl groups is 1. The minimum Gasteiger partial charge on any atom is -0.394 e. The number of amides is 1. The van der Waals surface area contributed by atoms with E-state index in [-0.39, 0.29) is 11.1 Å². The number of nitriles is 1. The summed E-state index contributed by atoms with van der Waals surface area (Å²) in [6.07, 6.45) is -4.61. The lowest BCUT2D eigenvalue weighted by Crippen LogP contribution is -2.29. The van der Waals surface area contributed by atoms with E-state index in [1.807, 2.05) is 0 Å². The minimum atomic E-state index is -4.61. The maximum absolute atomic E-state index is 12.6. The number of primary amides is 1. The van der Waals surface area contributed by atoms with Crippen molar-refractivity contribution in [2.75, 3.05) is 6.61 Å². The van der Waals surface area contributed by atoms with Crippen LogP contribution in [0.2, 0.25) is 0 Å². The Morgan fingerprint density at radius 1 is 1.47 bits per heavy atom. The van der Waals surface area contributed by atoms with Gasteiger partial charge in [-0.05, 0) is 30.7 Å². The zero-order valence-electron chi connectivity index (χ0n) is 9.95. The molecule has 0 saturated carbocycles. The minimum absolute atomic E-state index is 0.217. The van der Waals surface area contributed by atoms with Gasteiger partial charge in [0.05, 0.1) is 18.2 Å². The zero-order valence-corrected chi connectivity index (χ0v) is 9.95. The van der Waals surface area contributed by atoms with Gasteiger partial charge in [-0.25, -0.2) is 0 Å². The molecule has 0 radical (unpaired) electrons. The summed E-state index contributed by atoms with van der Waals surface area (Å²) in [5, 5.41) is 18.2. The molecule has 102 valence electrons. The molecule has 1 amide bonds. The van der Waals surface area contributed by atoms with Crippen LogP contribution < -0.4 is 5.73 Å². The largest absolute Gasteiger partial charge is 0.416 e. The van der Waals surface area contributed by atoms with Gasteiger partial charge in [-0.3, -0.25) is 4.79 Å². The molecule has 0 aliphatic carbocycles. The van der Waals surface area contributed by atoms with E-state index >= 15 is 0 Å². The van der Waals surface area contributed by atoms with Gasteiger partial charge in [-0.1, -0.05) is 0 Å². The number of rotatable bonds is 3. The van der Waals surface area contributed by atoms with E-state index in [1.54, 1.807) is 6.07 Å². The van der Waals surface area contributed by atoms with Crippen molar-refractivity contribution < 1.29 is 23.1 Å². The highest BCUT2D eigenvalue weighted by Gasteiger charge is 2.35. The van der Waals surface area contributed by atoms with Gasteiger partial charge >= 0.3 is 6.18 Å². The number of nitrogens with zero attached hydrogens (tertiary/aromatic N) is 1. The van der Waals surface area contributed by atoms with Crippen LogP contribution in [0.25, 0.3) is 0 Å². The van der Waals surface area contributed by atoms with Crippen LogP contribution in [0.1, 0.15) is 28.4 Å². The number of hydrogen-bond acceptors (Lipinski definition) is 3. The lowest BCUT2D eigenvalue weighted by atomic mass is 9.81. The van der Waals surface area contributed by atoms with E-state index in [2.05, 4.69) is 0 Å². The molecule has 0 aromatic heterocycles. The third kappa shape index (κ3) is 2.85. The Balaban J connectivity index is 3.58. The van der Waals surface area contributed by atoms with Crippen molar-refractivity contribution in [3.05, 3.63) is 34.9 Å². The van der Waals surface area contributed by atoms with E-state index < -0.39 is 29.7 Å². The van der Waals surface area contributed by atoms with Crippen molar-refractivity contribution in [2.24, 2.45) is 5.73 Å². The molecule has 0 fully saturated rings. The summed E-state index contributed by atoms with van der Waals surface area (Å²) in [5.74, 6) is -0.960. The predicted octanol–water partition coefficient (Wildman–Crippen LogP) is 1.58. The fraction of sp³-hybridized carbons (Fsp3) is 0.333. The number of aliphatic hydroxyl groups excluding tert-OH is 1. The first-order valence-electron chi connectivity index (χ1n) is 5.19. The molecule has 1 aromatic rings. The molecular formula is C12H11F3N2O2. The quantitative estimate of drug-likeness (QED) is 0.875. The van der Waals surface area contributed by atoms with Gasteiger partial charge in [0.15, 0.2) is 0 Å². The Morgan fingerprint density at radius 2 is 2.05 bits per heavy atom. The van der Waals surface area contributed by atoms with Crippen LogP contribution in [0, 0.1) is 11.3 Å². The highest BCUT2D eigenvalue weighted by molar-refractivity contribution is 5.95. The van der Waals surface area contributed by atoms with E-state index in [4.69, 9.17) is 11.0 Å². The van der Waals surface area contributed by atoms with E-state index in [1.165, 1.54) is 6.92 Å². The van der Waals surface area contributed by atoms with Crippen molar-refractivity contribution in [3.8, 4) is 6.07 Å². The maximum Gasteiger partial charge on any atom is 0.416 e. The van der Waals surface area contributed by atoms with E-state index in [0.29, 0.717) is 12.1 Å². The monoisotopic (exact) mass is 272 g/mol. The normalized spacial score (nSPS) is 14.5. The first-order chi connectivity index (χ1) is 8.65. The molecule has 0 bridgehead atoms. The second-order valence-electron chi connectivity index (χ2n) is 4.22. The van der Waals surface area contributed by atoms with Gasteiger partial charge < -0.3 is 10.8 Å². The van der Waals surface area contributed by atoms with Gasteiger partial charge in [0.2, 0.25) is 5.91 Å². The number of halogens is 3. The number of nitrogens with two attached hydrogens (primary N) is 1. The van der Waals surface area contributed by atoms with E-state index in [0.717, 1.165) is 6.07 Å². The number of carbonyl (C=O) groups excluding carboxylic acids is 1. The lowest BCUT2D eigenvalue weighted by Gasteiger charge is -2.22. The SMILES string of the molecule is CC(C#N)(CO)c1cc(C(F)(F)F)ccc1C(N)=O. The fourth-order valence-corrected chi connectivity index (χ4v) is 1.57. The van der Waals surface area contributed by atoms with Crippen LogP contribution in [0.15, 0.2) is 18.2 Å². The summed E-state index contributed by atoms with van der Waals surface area (Å²) in [6.45, 7) is 0.500. The first kappa shape index (κ1) is 15.0. The first-order valence-corrected chi connectivity index (χ1v) is 5.19. The summed E-state index contributed by atoms with van der Waals surface area (Å²) in [7, 11) is 0. The number of carbonyl (C=O) groups is 1. The topological polar surface area (TPSA) is 87.1 Å². The van der Waals surface area contributed by atoms with Crippen LogP contribution in [0.5, 0.6) is 0 Å². The molecule has 1 rings (SSSR count). The Bertz CT molecular complexity index is 549. The Hall–Kier alpha value is -2.07. The fourth-order valence-electron chi connectivity index (χ4n) is 1.57. The molecule has 1 unspecified atom stereocenters. The molecule has 1 aromatic carbocycles. The van der Waals surface area contributed by atoms with Crippen molar-refractivity contribution in [1.29, 1.82) is 5.26 Å². The number of alkyl halides is 3. The molecule has 7 heteroatoms. The van der Waals surface area contributed by atoms with Crippen molar-refractivity contribution >= 4 is 5.91 Å². The summed E-state index contributed by atoms with van der Waals surface area (Å²) < 4.78 is 37.9. The lowest BCUT2D eigenvalue weighted by molar-refractivity contribution is -0.137. The molecular weight excluding hydrogens is 261 g/mol. The molecule has 0 spiro atoms. The molecule has 3 N–H and O–H groups in total. The Morgan fingerprint density at radius 3 is 2.42 bits per heavy atom. The van der Waals surface area contributed by atoms with Crippen molar-refractivity contribution in [3.63, 3.8) is 0 Å². The highest BCUT2D eigenvalue weighted by Crippen LogP contribution is 2.34.